The molecule has 0 N–H and O–H groups in total. The van der Waals surface area contributed by atoms with E-state index in [1.54, 1.807) is 0 Å². The predicted octanol–water partition coefficient (Wildman–Crippen LogP) is 4.60. The van der Waals surface area contributed by atoms with Crippen LogP contribution in [0.15, 0.2) is 54.6 Å². The lowest BCUT2D eigenvalue weighted by Crippen LogP contribution is -2.29. The molecule has 0 aromatic heterocycles. The van der Waals surface area contributed by atoms with Crippen LogP contribution in [-0.4, -0.2) is 12.6 Å². The van der Waals surface area contributed by atoms with Gasteiger partial charge in [0.25, 0.3) is 0 Å². The van der Waals surface area contributed by atoms with Crippen molar-refractivity contribution in [2.75, 3.05) is 6.61 Å². The van der Waals surface area contributed by atoms with Crippen molar-refractivity contribution in [3.63, 3.8) is 0 Å². The molecule has 1 saturated carbocycles. The summed E-state index contributed by atoms with van der Waals surface area (Å²) in [5.41, 5.74) is 0.757. The van der Waals surface area contributed by atoms with E-state index in [0.29, 0.717) is 24.0 Å². The topological polar surface area (TPSA) is 26.3 Å². The molecule has 3 atom stereocenters. The number of hydrogen-bond donors (Lipinski definition) is 0. The van der Waals surface area contributed by atoms with E-state index in [0.717, 1.165) is 17.2 Å². The van der Waals surface area contributed by atoms with E-state index < -0.39 is 0 Å². The molecule has 0 radical (unpaired) electrons. The van der Waals surface area contributed by atoms with Gasteiger partial charge in [-0.05, 0) is 47.6 Å². The molecule has 2 aromatic rings. The highest BCUT2D eigenvalue weighted by Crippen LogP contribution is 2.51. The fraction of sp³-hybridized carbons (Fsp3) is 0.350. The van der Waals surface area contributed by atoms with Crippen LogP contribution in [0, 0.1) is 17.3 Å². The summed E-state index contributed by atoms with van der Waals surface area (Å²) in [4.78, 5) is 12.4. The fourth-order valence-electron chi connectivity index (χ4n) is 3.99. The number of fused-ring (bicyclic) bond motifs is 3. The molecule has 0 heterocycles. The lowest BCUT2D eigenvalue weighted by Gasteiger charge is -2.30. The first kappa shape index (κ1) is 13.6. The molecule has 0 saturated heterocycles. The molecular weight excluding hydrogens is 272 g/mol. The van der Waals surface area contributed by atoms with E-state index in [4.69, 9.17) is 4.74 Å². The summed E-state index contributed by atoms with van der Waals surface area (Å²) in [7, 11) is 0. The molecule has 4 rings (SSSR count). The van der Waals surface area contributed by atoms with Crippen molar-refractivity contribution in [3.8, 4) is 0 Å². The molecule has 2 aromatic carbocycles. The number of hydrogen-bond acceptors (Lipinski definition) is 2. The number of carbonyl (C=O) groups excluding carboxylic acids is 1. The third kappa shape index (κ3) is 2.23. The Morgan fingerprint density at radius 3 is 2.73 bits per heavy atom. The first-order chi connectivity index (χ1) is 10.6. The van der Waals surface area contributed by atoms with Gasteiger partial charge in [0.15, 0.2) is 0 Å². The van der Waals surface area contributed by atoms with Gasteiger partial charge in [-0.2, -0.15) is 0 Å². The zero-order valence-electron chi connectivity index (χ0n) is 12.8. The summed E-state index contributed by atoms with van der Waals surface area (Å²) in [5, 5.41) is 2.22. The number of carbonyl (C=O) groups is 1. The SMILES string of the molecule is CC1(COC(=O)c2ccc3ccccc3c2)CC2C=CC1C2. The van der Waals surface area contributed by atoms with Gasteiger partial charge in [-0.3, -0.25) is 0 Å². The van der Waals surface area contributed by atoms with Gasteiger partial charge in [-0.15, -0.1) is 0 Å². The second kappa shape index (κ2) is 4.98. The first-order valence-corrected chi connectivity index (χ1v) is 7.98. The number of ether oxygens (including phenoxy) is 1. The van der Waals surface area contributed by atoms with Crippen molar-refractivity contribution in [2.24, 2.45) is 17.3 Å². The third-order valence-corrected chi connectivity index (χ3v) is 5.31. The molecule has 2 nitrogen and oxygen atoms in total. The monoisotopic (exact) mass is 292 g/mol. The van der Waals surface area contributed by atoms with E-state index in [1.165, 1.54) is 6.42 Å². The lowest BCUT2D eigenvalue weighted by molar-refractivity contribution is 0.0259. The summed E-state index contributed by atoms with van der Waals surface area (Å²) in [6.07, 6.45) is 6.98. The molecule has 3 unspecified atom stereocenters. The molecule has 2 bridgehead atoms. The van der Waals surface area contributed by atoms with Gasteiger partial charge in [0, 0.05) is 5.41 Å². The van der Waals surface area contributed by atoms with Crippen LogP contribution in [0.5, 0.6) is 0 Å². The Labute approximate surface area is 130 Å². The smallest absolute Gasteiger partial charge is 0.338 e. The van der Waals surface area contributed by atoms with Crippen LogP contribution in [-0.2, 0) is 4.74 Å². The maximum absolute atomic E-state index is 12.4. The maximum atomic E-state index is 12.4. The van der Waals surface area contributed by atoms with Crippen molar-refractivity contribution in [1.82, 2.24) is 0 Å². The van der Waals surface area contributed by atoms with E-state index in [9.17, 15) is 4.79 Å². The highest BCUT2D eigenvalue weighted by atomic mass is 16.5. The van der Waals surface area contributed by atoms with Crippen LogP contribution in [0.25, 0.3) is 10.8 Å². The van der Waals surface area contributed by atoms with Crippen LogP contribution in [0.4, 0.5) is 0 Å². The van der Waals surface area contributed by atoms with E-state index in [2.05, 4.69) is 19.1 Å². The van der Waals surface area contributed by atoms with Crippen molar-refractivity contribution in [3.05, 3.63) is 60.2 Å². The maximum Gasteiger partial charge on any atom is 0.338 e. The Morgan fingerprint density at radius 1 is 1.18 bits per heavy atom. The largest absolute Gasteiger partial charge is 0.461 e. The van der Waals surface area contributed by atoms with Gasteiger partial charge < -0.3 is 4.74 Å². The minimum Gasteiger partial charge on any atom is -0.461 e. The second-order valence-corrected chi connectivity index (χ2v) is 6.98. The lowest BCUT2D eigenvalue weighted by atomic mass is 9.78. The van der Waals surface area contributed by atoms with Crippen molar-refractivity contribution in [2.45, 2.75) is 19.8 Å². The summed E-state index contributed by atoms with van der Waals surface area (Å²) in [6.45, 7) is 2.76. The highest BCUT2D eigenvalue weighted by Gasteiger charge is 2.45. The van der Waals surface area contributed by atoms with Crippen LogP contribution in [0.2, 0.25) is 0 Å². The van der Waals surface area contributed by atoms with Crippen LogP contribution in [0.1, 0.15) is 30.1 Å². The normalized spacial score (nSPS) is 29.1. The van der Waals surface area contributed by atoms with Gasteiger partial charge in [0.05, 0.1) is 12.2 Å². The molecule has 2 heteroatoms. The van der Waals surface area contributed by atoms with Crippen LogP contribution >= 0.6 is 0 Å². The number of rotatable bonds is 3. The van der Waals surface area contributed by atoms with Crippen LogP contribution in [0.3, 0.4) is 0 Å². The predicted molar refractivity (Wildman–Crippen MR) is 87.7 cm³/mol. The zero-order chi connectivity index (χ0) is 15.2. The molecular formula is C20H20O2. The standard InChI is InChI=1S/C20H20O2/c1-20(12-14-6-9-18(20)10-14)13-22-19(21)17-8-7-15-4-2-3-5-16(15)11-17/h2-9,11,14,18H,10,12-13H2,1H3. The molecule has 0 spiro atoms. The minimum absolute atomic E-state index is 0.117. The van der Waals surface area contributed by atoms with E-state index >= 15 is 0 Å². The fourth-order valence-corrected chi connectivity index (χ4v) is 3.99. The summed E-state index contributed by atoms with van der Waals surface area (Å²) in [6, 6.07) is 13.8. The quantitative estimate of drug-likeness (QED) is 0.610. The molecule has 0 amide bonds. The molecule has 112 valence electrons. The number of benzene rings is 2. The molecule has 22 heavy (non-hydrogen) atoms. The van der Waals surface area contributed by atoms with Crippen molar-refractivity contribution < 1.29 is 9.53 Å². The van der Waals surface area contributed by atoms with Gasteiger partial charge in [-0.25, -0.2) is 4.79 Å². The second-order valence-electron chi connectivity index (χ2n) is 6.98. The van der Waals surface area contributed by atoms with Crippen molar-refractivity contribution in [1.29, 1.82) is 0 Å². The average molecular weight is 292 g/mol. The number of allylic oxidation sites excluding steroid dienone is 2. The highest BCUT2D eigenvalue weighted by molar-refractivity contribution is 5.95. The first-order valence-electron chi connectivity index (χ1n) is 7.98. The Bertz CT molecular complexity index is 761. The summed E-state index contributed by atoms with van der Waals surface area (Å²) < 4.78 is 5.64. The Balaban J connectivity index is 1.48. The van der Waals surface area contributed by atoms with E-state index in [1.807, 2.05) is 42.5 Å². The van der Waals surface area contributed by atoms with Gasteiger partial charge in [0.2, 0.25) is 0 Å². The van der Waals surface area contributed by atoms with Crippen LogP contribution < -0.4 is 0 Å². The zero-order valence-corrected chi connectivity index (χ0v) is 12.8. The van der Waals surface area contributed by atoms with Gasteiger partial charge in [-0.1, -0.05) is 49.4 Å². The number of esters is 1. The Kier molecular flexibility index (Phi) is 3.07. The molecule has 2 aliphatic rings. The van der Waals surface area contributed by atoms with Gasteiger partial charge >= 0.3 is 5.97 Å². The molecule has 0 aliphatic heterocycles. The van der Waals surface area contributed by atoms with Crippen molar-refractivity contribution >= 4 is 16.7 Å². The molecule has 2 aliphatic carbocycles. The Morgan fingerprint density at radius 2 is 2.00 bits per heavy atom. The minimum atomic E-state index is -0.210. The van der Waals surface area contributed by atoms with E-state index in [-0.39, 0.29) is 11.4 Å². The van der Waals surface area contributed by atoms with Gasteiger partial charge in [0.1, 0.15) is 0 Å². The average Bonchev–Trinajstić information content (AvgIpc) is 3.13. The molecule has 1 fully saturated rings. The third-order valence-electron chi connectivity index (χ3n) is 5.31. The Hall–Kier alpha value is -2.09. The summed E-state index contributed by atoms with van der Waals surface area (Å²) >= 11 is 0. The summed E-state index contributed by atoms with van der Waals surface area (Å²) in [5.74, 6) is 1.05.